The van der Waals surface area contributed by atoms with Gasteiger partial charge in [-0.25, -0.2) is 13.6 Å². The van der Waals surface area contributed by atoms with E-state index in [1.165, 1.54) is 12.0 Å². The molecule has 2 N–H and O–H groups in total. The zero-order chi connectivity index (χ0) is 22.3. The van der Waals surface area contributed by atoms with Gasteiger partial charge >= 0.3 is 6.03 Å². The Labute approximate surface area is 180 Å². The number of ether oxygens (including phenoxy) is 2. The van der Waals surface area contributed by atoms with Crippen molar-refractivity contribution in [2.75, 3.05) is 26.1 Å². The number of urea groups is 1. The number of fused-ring (bicyclic) bond motifs is 3. The molecular weight excluding hydrogens is 432 g/mol. The van der Waals surface area contributed by atoms with Crippen LogP contribution in [0.15, 0.2) is 35.1 Å². The molecule has 1 aliphatic heterocycles. The smallest absolute Gasteiger partial charge is 0.322 e. The van der Waals surface area contributed by atoms with E-state index in [0.29, 0.717) is 27.7 Å². The molecule has 1 unspecified atom stereocenters. The molecule has 0 radical (unpaired) electrons. The highest BCUT2D eigenvalue weighted by atomic mass is 35.5. The van der Waals surface area contributed by atoms with E-state index < -0.39 is 29.3 Å². The third kappa shape index (κ3) is 3.82. The number of benzene rings is 2. The molecule has 0 bridgehead atoms. The molecule has 31 heavy (non-hydrogen) atoms. The monoisotopic (exact) mass is 449 g/mol. The van der Waals surface area contributed by atoms with Gasteiger partial charge in [0, 0.05) is 24.0 Å². The normalized spacial score (nSPS) is 15.5. The maximum absolute atomic E-state index is 14.0. The van der Waals surface area contributed by atoms with Crippen molar-refractivity contribution in [2.45, 2.75) is 12.6 Å². The van der Waals surface area contributed by atoms with Gasteiger partial charge in [-0.1, -0.05) is 11.6 Å². The fourth-order valence-electron chi connectivity index (χ4n) is 3.64. The Bertz CT molecular complexity index is 1250. The maximum Gasteiger partial charge on any atom is 0.322 e. The summed E-state index contributed by atoms with van der Waals surface area (Å²) in [7, 11) is 3.03. The van der Waals surface area contributed by atoms with Gasteiger partial charge in [0.2, 0.25) is 0 Å². The standard InChI is InChI=1S/C21H18ClF2N3O4/c1-27(21(29)25-10-3-4-18(30-2)13(22)5-10)17-9-31-8-16-19(17)11-6-14(23)15(24)7-12(11)20(28)26-16/h3-7,17H,8-9H2,1-2H3,(H,25,29)(H,26,28). The third-order valence-corrected chi connectivity index (χ3v) is 5.53. The number of methoxy groups -OCH3 is 1. The number of anilines is 1. The van der Waals surface area contributed by atoms with E-state index >= 15 is 0 Å². The lowest BCUT2D eigenvalue weighted by Crippen LogP contribution is -2.39. The van der Waals surface area contributed by atoms with Gasteiger partial charge in [0.25, 0.3) is 5.56 Å². The Balaban J connectivity index is 1.71. The molecule has 10 heteroatoms. The number of aromatic nitrogens is 1. The molecule has 0 fully saturated rings. The number of H-pyrrole nitrogens is 1. The van der Waals surface area contributed by atoms with Crippen molar-refractivity contribution < 1.29 is 23.0 Å². The number of carbonyl (C=O) groups excluding carboxylic acids is 1. The van der Waals surface area contributed by atoms with E-state index in [9.17, 15) is 18.4 Å². The van der Waals surface area contributed by atoms with Gasteiger partial charge in [-0.05, 0) is 35.7 Å². The van der Waals surface area contributed by atoms with Gasteiger partial charge in [-0.15, -0.1) is 0 Å². The van der Waals surface area contributed by atoms with Crippen LogP contribution in [0.2, 0.25) is 5.02 Å². The summed E-state index contributed by atoms with van der Waals surface area (Å²) in [5.74, 6) is -1.73. The van der Waals surface area contributed by atoms with Crippen molar-refractivity contribution in [3.63, 3.8) is 0 Å². The molecule has 0 saturated heterocycles. The minimum absolute atomic E-state index is 0.000273. The van der Waals surface area contributed by atoms with Crippen LogP contribution in [0.4, 0.5) is 19.3 Å². The third-order valence-electron chi connectivity index (χ3n) is 5.23. The molecule has 2 heterocycles. The van der Waals surface area contributed by atoms with Crippen molar-refractivity contribution in [1.29, 1.82) is 0 Å². The first-order valence-corrected chi connectivity index (χ1v) is 9.67. The number of nitrogens with zero attached hydrogens (tertiary/aromatic N) is 1. The summed E-state index contributed by atoms with van der Waals surface area (Å²) in [6.07, 6.45) is 0. The highest BCUT2D eigenvalue weighted by Gasteiger charge is 2.31. The van der Waals surface area contributed by atoms with Crippen molar-refractivity contribution >= 4 is 34.1 Å². The van der Waals surface area contributed by atoms with Crippen LogP contribution >= 0.6 is 11.6 Å². The lowest BCUT2D eigenvalue weighted by molar-refractivity contribution is 0.0527. The molecule has 7 nitrogen and oxygen atoms in total. The summed E-state index contributed by atoms with van der Waals surface area (Å²) in [6.45, 7) is 0.194. The summed E-state index contributed by atoms with van der Waals surface area (Å²) >= 11 is 6.11. The van der Waals surface area contributed by atoms with Crippen molar-refractivity contribution in [3.05, 3.63) is 68.6 Å². The van der Waals surface area contributed by atoms with E-state index in [4.69, 9.17) is 21.1 Å². The second-order valence-electron chi connectivity index (χ2n) is 7.08. The number of halogens is 3. The largest absolute Gasteiger partial charge is 0.495 e. The fourth-order valence-corrected chi connectivity index (χ4v) is 3.90. The zero-order valence-corrected chi connectivity index (χ0v) is 17.3. The second kappa shape index (κ2) is 8.16. The van der Waals surface area contributed by atoms with Crippen LogP contribution in [0.3, 0.4) is 0 Å². The minimum Gasteiger partial charge on any atom is -0.495 e. The Morgan fingerprint density at radius 2 is 1.97 bits per heavy atom. The van der Waals surface area contributed by atoms with E-state index in [1.807, 2.05) is 0 Å². The van der Waals surface area contributed by atoms with Crippen LogP contribution in [0, 0.1) is 11.6 Å². The molecule has 2 aromatic carbocycles. The van der Waals surface area contributed by atoms with Gasteiger partial charge < -0.3 is 24.7 Å². The molecule has 3 aromatic rings. The zero-order valence-electron chi connectivity index (χ0n) is 16.6. The molecule has 1 atom stereocenters. The molecule has 1 aliphatic rings. The highest BCUT2D eigenvalue weighted by molar-refractivity contribution is 6.32. The first-order valence-electron chi connectivity index (χ1n) is 9.29. The van der Waals surface area contributed by atoms with Crippen LogP contribution in [0.5, 0.6) is 5.75 Å². The van der Waals surface area contributed by atoms with Crippen LogP contribution in [-0.4, -0.2) is 36.7 Å². The van der Waals surface area contributed by atoms with Gasteiger partial charge in [0.15, 0.2) is 11.6 Å². The molecule has 4 rings (SSSR count). The summed E-state index contributed by atoms with van der Waals surface area (Å²) in [6, 6.07) is 5.50. The lowest BCUT2D eigenvalue weighted by atomic mass is 9.95. The first kappa shape index (κ1) is 21.1. The summed E-state index contributed by atoms with van der Waals surface area (Å²) in [4.78, 5) is 29.2. The van der Waals surface area contributed by atoms with Crippen LogP contribution in [-0.2, 0) is 11.3 Å². The van der Waals surface area contributed by atoms with Crippen LogP contribution in [0.1, 0.15) is 17.3 Å². The number of pyridine rings is 1. The fraction of sp³-hybridized carbons (Fsp3) is 0.238. The second-order valence-corrected chi connectivity index (χ2v) is 7.49. The number of nitrogens with one attached hydrogen (secondary N) is 2. The molecule has 1 aromatic heterocycles. The predicted octanol–water partition coefficient (Wildman–Crippen LogP) is 4.20. The average molecular weight is 450 g/mol. The number of likely N-dealkylation sites (N-methyl/N-ethyl adjacent to an activating group) is 1. The molecule has 2 amide bonds. The lowest BCUT2D eigenvalue weighted by Gasteiger charge is -2.33. The number of rotatable bonds is 3. The quantitative estimate of drug-likeness (QED) is 0.627. The van der Waals surface area contributed by atoms with E-state index in [1.54, 1.807) is 25.2 Å². The van der Waals surface area contributed by atoms with Gasteiger partial charge in [0.1, 0.15) is 5.75 Å². The number of hydrogen-bond acceptors (Lipinski definition) is 4. The first-order chi connectivity index (χ1) is 14.8. The Kier molecular flexibility index (Phi) is 5.55. The molecule has 0 spiro atoms. The summed E-state index contributed by atoms with van der Waals surface area (Å²) < 4.78 is 38.4. The SMILES string of the molecule is COc1ccc(NC(=O)N(C)C2COCc3[nH]c(=O)c4cc(F)c(F)cc4c32)cc1Cl. The van der Waals surface area contributed by atoms with E-state index in [-0.39, 0.29) is 24.0 Å². The van der Waals surface area contributed by atoms with Crippen molar-refractivity contribution in [3.8, 4) is 5.75 Å². The highest BCUT2D eigenvalue weighted by Crippen LogP contribution is 2.34. The van der Waals surface area contributed by atoms with Crippen LogP contribution < -0.4 is 15.6 Å². The van der Waals surface area contributed by atoms with Crippen LogP contribution in [0.25, 0.3) is 10.8 Å². The maximum atomic E-state index is 14.0. The summed E-state index contributed by atoms with van der Waals surface area (Å²) in [5, 5.41) is 3.29. The number of carbonyl (C=O) groups is 1. The van der Waals surface area contributed by atoms with Gasteiger partial charge in [-0.3, -0.25) is 4.79 Å². The Hall–Kier alpha value is -3.17. The Morgan fingerprint density at radius 1 is 1.26 bits per heavy atom. The van der Waals surface area contributed by atoms with E-state index in [0.717, 1.165) is 12.1 Å². The molecular formula is C21H18ClF2N3O4. The summed E-state index contributed by atoms with van der Waals surface area (Å²) in [5.41, 5.74) is 0.799. The van der Waals surface area contributed by atoms with Gasteiger partial charge in [-0.2, -0.15) is 0 Å². The van der Waals surface area contributed by atoms with E-state index in [2.05, 4.69) is 10.3 Å². The number of hydrogen-bond donors (Lipinski definition) is 2. The van der Waals surface area contributed by atoms with Crippen molar-refractivity contribution in [1.82, 2.24) is 9.88 Å². The molecule has 0 aliphatic carbocycles. The Morgan fingerprint density at radius 3 is 2.65 bits per heavy atom. The molecule has 162 valence electrons. The number of aromatic amines is 1. The minimum atomic E-state index is -1.12. The molecule has 0 saturated carbocycles. The van der Waals surface area contributed by atoms with Crippen molar-refractivity contribution in [2.24, 2.45) is 0 Å². The van der Waals surface area contributed by atoms with Gasteiger partial charge in [0.05, 0.1) is 36.8 Å². The predicted molar refractivity (Wildman–Crippen MR) is 112 cm³/mol. The number of amides is 2. The topological polar surface area (TPSA) is 83.7 Å². The average Bonchev–Trinajstić information content (AvgIpc) is 2.74.